The van der Waals surface area contributed by atoms with Crippen LogP contribution in [-0.2, 0) is 16.1 Å². The third-order valence-corrected chi connectivity index (χ3v) is 7.34. The van der Waals surface area contributed by atoms with Crippen molar-refractivity contribution >= 4 is 23.4 Å². The molecule has 1 aliphatic rings. The van der Waals surface area contributed by atoms with E-state index in [1.54, 1.807) is 31.6 Å². The summed E-state index contributed by atoms with van der Waals surface area (Å²) < 4.78 is 19.0. The number of benzene rings is 3. The van der Waals surface area contributed by atoms with Gasteiger partial charge < -0.3 is 14.2 Å². The van der Waals surface area contributed by atoms with Gasteiger partial charge in [0.2, 0.25) is 0 Å². The van der Waals surface area contributed by atoms with E-state index in [1.807, 2.05) is 78.9 Å². The molecule has 0 amide bonds. The molecule has 0 saturated heterocycles. The lowest BCUT2D eigenvalue weighted by molar-refractivity contribution is -0.139. The summed E-state index contributed by atoms with van der Waals surface area (Å²) >= 11 is 1.28. The van der Waals surface area contributed by atoms with Crippen molar-refractivity contribution in [1.82, 2.24) is 4.57 Å². The number of allylic oxidation sites excluding steroid dienone is 1. The third-order valence-electron chi connectivity index (χ3n) is 6.35. The number of nitrogens with zero attached hydrogens (tertiary/aromatic N) is 2. The second kappa shape index (κ2) is 11.5. The second-order valence-corrected chi connectivity index (χ2v) is 9.91. The number of fused-ring (bicyclic) bond motifs is 1. The third kappa shape index (κ3) is 5.42. The van der Waals surface area contributed by atoms with Crippen molar-refractivity contribution in [3.63, 3.8) is 0 Å². The Kier molecular flexibility index (Phi) is 7.74. The maximum absolute atomic E-state index is 13.8. The van der Waals surface area contributed by atoms with Gasteiger partial charge in [-0.3, -0.25) is 9.36 Å². The molecule has 2 heterocycles. The lowest BCUT2D eigenvalue weighted by Gasteiger charge is -2.24. The van der Waals surface area contributed by atoms with Gasteiger partial charge in [-0.1, -0.05) is 78.1 Å². The first-order valence-corrected chi connectivity index (χ1v) is 13.4. The summed E-state index contributed by atoms with van der Waals surface area (Å²) in [4.78, 5) is 31.9. The van der Waals surface area contributed by atoms with Crippen molar-refractivity contribution in [2.24, 2.45) is 4.99 Å². The van der Waals surface area contributed by atoms with Gasteiger partial charge in [0.15, 0.2) is 16.3 Å². The monoisotopic (exact) mass is 540 g/mol. The fourth-order valence-corrected chi connectivity index (χ4v) is 5.57. The van der Waals surface area contributed by atoms with Gasteiger partial charge in [0.25, 0.3) is 5.56 Å². The molecular weight excluding hydrogens is 512 g/mol. The molecule has 0 N–H and O–H groups in total. The number of thiazole rings is 1. The van der Waals surface area contributed by atoms with Gasteiger partial charge in [-0.15, -0.1) is 0 Å². The van der Waals surface area contributed by atoms with E-state index < -0.39 is 12.0 Å². The summed E-state index contributed by atoms with van der Waals surface area (Å²) in [6.45, 7) is 4.18. The zero-order valence-electron chi connectivity index (χ0n) is 21.9. The lowest BCUT2D eigenvalue weighted by atomic mass is 9.96. The molecule has 0 aliphatic carbocycles. The van der Waals surface area contributed by atoms with E-state index in [0.29, 0.717) is 38.7 Å². The van der Waals surface area contributed by atoms with E-state index in [4.69, 9.17) is 14.2 Å². The van der Waals surface area contributed by atoms with Crippen molar-refractivity contribution < 1.29 is 19.0 Å². The number of hydrogen-bond acceptors (Lipinski definition) is 7. The van der Waals surface area contributed by atoms with Crippen molar-refractivity contribution in [3.05, 3.63) is 127 Å². The summed E-state index contributed by atoms with van der Waals surface area (Å²) in [7, 11) is 1.59. The Morgan fingerprint density at radius 2 is 1.74 bits per heavy atom. The van der Waals surface area contributed by atoms with Crippen LogP contribution in [0.3, 0.4) is 0 Å². The Morgan fingerprint density at radius 3 is 2.44 bits per heavy atom. The van der Waals surface area contributed by atoms with Crippen molar-refractivity contribution in [2.75, 3.05) is 13.7 Å². The van der Waals surface area contributed by atoms with E-state index in [1.165, 1.54) is 11.3 Å². The number of esters is 1. The molecule has 0 spiro atoms. The molecule has 3 aromatic carbocycles. The average molecular weight is 541 g/mol. The van der Waals surface area contributed by atoms with Gasteiger partial charge in [0.1, 0.15) is 6.61 Å². The number of aromatic nitrogens is 1. The maximum atomic E-state index is 13.8. The summed E-state index contributed by atoms with van der Waals surface area (Å²) in [5.74, 6) is 0.700. The first-order valence-electron chi connectivity index (χ1n) is 12.6. The van der Waals surface area contributed by atoms with Crippen molar-refractivity contribution in [3.8, 4) is 11.5 Å². The molecule has 7 nitrogen and oxygen atoms in total. The van der Waals surface area contributed by atoms with Crippen LogP contribution in [0.4, 0.5) is 0 Å². The van der Waals surface area contributed by atoms with E-state index in [0.717, 1.165) is 16.7 Å². The maximum Gasteiger partial charge on any atom is 0.338 e. The van der Waals surface area contributed by atoms with Gasteiger partial charge >= 0.3 is 5.97 Å². The molecule has 5 rings (SSSR count). The van der Waals surface area contributed by atoms with Crippen LogP contribution in [0.25, 0.3) is 6.08 Å². The molecule has 198 valence electrons. The van der Waals surface area contributed by atoms with E-state index in [-0.39, 0.29) is 12.2 Å². The number of rotatable bonds is 8. The van der Waals surface area contributed by atoms with Crippen LogP contribution >= 0.6 is 11.3 Å². The average Bonchev–Trinajstić information content (AvgIpc) is 3.26. The van der Waals surface area contributed by atoms with Gasteiger partial charge in [0.05, 0.1) is 35.6 Å². The molecule has 4 aromatic rings. The molecule has 0 bridgehead atoms. The summed E-state index contributed by atoms with van der Waals surface area (Å²) in [5, 5.41) is 0. The van der Waals surface area contributed by atoms with Gasteiger partial charge in [0, 0.05) is 0 Å². The summed E-state index contributed by atoms with van der Waals surface area (Å²) in [5.41, 5.74) is 3.31. The molecule has 1 aromatic heterocycles. The van der Waals surface area contributed by atoms with Crippen LogP contribution in [0.1, 0.15) is 36.6 Å². The fourth-order valence-electron chi connectivity index (χ4n) is 4.52. The predicted octanol–water partition coefficient (Wildman–Crippen LogP) is 4.39. The highest BCUT2D eigenvalue weighted by atomic mass is 32.1. The molecule has 0 unspecified atom stereocenters. The lowest BCUT2D eigenvalue weighted by Crippen LogP contribution is -2.39. The Morgan fingerprint density at radius 1 is 1.03 bits per heavy atom. The first kappa shape index (κ1) is 26.2. The van der Waals surface area contributed by atoms with Crippen LogP contribution in [0.15, 0.2) is 99.9 Å². The van der Waals surface area contributed by atoms with Crippen LogP contribution < -0.4 is 24.4 Å². The molecule has 0 fully saturated rings. The Bertz CT molecular complexity index is 1710. The van der Waals surface area contributed by atoms with E-state index in [2.05, 4.69) is 4.99 Å². The van der Waals surface area contributed by atoms with Crippen LogP contribution in [0.2, 0.25) is 0 Å². The standard InChI is InChI=1S/C31H28N2O5S/c1-4-37-30(35)27-20(2)32-31-33(28(27)23-13-9-6-10-14-23)29(34)26(39-31)18-22-15-16-24(25(17-22)36-3)38-19-21-11-7-5-8-12-21/h5-18,28H,4,19H2,1-3H3/b26-18-/t28-/m0/s1. The topological polar surface area (TPSA) is 79.1 Å². The molecule has 8 heteroatoms. The minimum atomic E-state index is -0.632. The first-order chi connectivity index (χ1) is 19.0. The Labute approximate surface area is 229 Å². The number of methoxy groups -OCH3 is 1. The molecule has 0 saturated carbocycles. The van der Waals surface area contributed by atoms with Crippen molar-refractivity contribution in [2.45, 2.75) is 26.5 Å². The molecule has 1 atom stereocenters. The van der Waals surface area contributed by atoms with Crippen LogP contribution in [0, 0.1) is 0 Å². The van der Waals surface area contributed by atoms with Gasteiger partial charge in [-0.05, 0) is 48.7 Å². The zero-order valence-corrected chi connectivity index (χ0v) is 22.7. The molecule has 39 heavy (non-hydrogen) atoms. The minimum Gasteiger partial charge on any atom is -0.493 e. The number of carbonyl (C=O) groups excluding carboxylic acids is 1. The van der Waals surface area contributed by atoms with E-state index >= 15 is 0 Å². The highest BCUT2D eigenvalue weighted by Crippen LogP contribution is 2.31. The quantitative estimate of drug-likeness (QED) is 0.310. The Hall–Kier alpha value is -4.43. The normalized spacial score (nSPS) is 14.9. The number of hydrogen-bond donors (Lipinski definition) is 0. The predicted molar refractivity (Wildman–Crippen MR) is 151 cm³/mol. The summed E-state index contributed by atoms with van der Waals surface area (Å²) in [6.07, 6.45) is 1.80. The highest BCUT2D eigenvalue weighted by Gasteiger charge is 2.33. The summed E-state index contributed by atoms with van der Waals surface area (Å²) in [6, 6.07) is 24.3. The Balaban J connectivity index is 1.54. The van der Waals surface area contributed by atoms with Gasteiger partial charge in [-0.2, -0.15) is 0 Å². The zero-order chi connectivity index (χ0) is 27.4. The second-order valence-electron chi connectivity index (χ2n) is 8.90. The molecular formula is C31H28N2O5S. The number of ether oxygens (including phenoxy) is 3. The van der Waals surface area contributed by atoms with Gasteiger partial charge in [-0.25, -0.2) is 9.79 Å². The number of carbonyl (C=O) groups is 1. The minimum absolute atomic E-state index is 0.231. The molecule has 0 radical (unpaired) electrons. The van der Waals surface area contributed by atoms with E-state index in [9.17, 15) is 9.59 Å². The largest absolute Gasteiger partial charge is 0.493 e. The van der Waals surface area contributed by atoms with Crippen LogP contribution in [-0.4, -0.2) is 24.3 Å². The highest BCUT2D eigenvalue weighted by molar-refractivity contribution is 7.07. The smallest absolute Gasteiger partial charge is 0.338 e. The van der Waals surface area contributed by atoms with Crippen LogP contribution in [0.5, 0.6) is 11.5 Å². The SMILES string of the molecule is CCOC(=O)C1=C(C)N=c2s/c(=C\c3ccc(OCc4ccccc4)c(OC)c3)c(=O)n2[C@H]1c1ccccc1. The molecule has 1 aliphatic heterocycles. The fraction of sp³-hybridized carbons (Fsp3) is 0.194. The van der Waals surface area contributed by atoms with Crippen molar-refractivity contribution in [1.29, 1.82) is 0 Å².